The molecule has 0 spiro atoms. The quantitative estimate of drug-likeness (QED) is 0.590. The molecule has 1 aromatic rings. The molecule has 2 rings (SSSR count). The number of carbonyl (C=O) groups excluding carboxylic acids is 1. The van der Waals surface area contributed by atoms with Crippen LogP contribution in [0.4, 0.5) is 10.5 Å². The predicted molar refractivity (Wildman–Crippen MR) is 88.9 cm³/mol. The number of piperidine rings is 1. The average molecular weight is 371 g/mol. The summed E-state index contributed by atoms with van der Waals surface area (Å²) in [6.07, 6.45) is 1.00. The van der Waals surface area contributed by atoms with E-state index in [2.05, 4.69) is 4.98 Å². The smallest absolute Gasteiger partial charge is 0.410 e. The van der Waals surface area contributed by atoms with Gasteiger partial charge < -0.3 is 9.64 Å². The predicted octanol–water partition coefficient (Wildman–Crippen LogP) is 2.16. The van der Waals surface area contributed by atoms with Gasteiger partial charge in [-0.05, 0) is 39.7 Å². The van der Waals surface area contributed by atoms with Crippen molar-refractivity contribution in [2.45, 2.75) is 49.5 Å². The van der Waals surface area contributed by atoms with Crippen LogP contribution in [0.1, 0.15) is 33.6 Å². The number of likely N-dealkylation sites (tertiary alicyclic amines) is 1. The second-order valence-electron chi connectivity index (χ2n) is 6.82. The van der Waals surface area contributed by atoms with Crippen LogP contribution in [0.2, 0.25) is 0 Å². The van der Waals surface area contributed by atoms with Crippen LogP contribution < -0.4 is 0 Å². The molecule has 1 aromatic heterocycles. The summed E-state index contributed by atoms with van der Waals surface area (Å²) < 4.78 is 30.5. The highest BCUT2D eigenvalue weighted by atomic mass is 32.2. The van der Waals surface area contributed by atoms with E-state index >= 15 is 0 Å². The normalized spacial score (nSPS) is 16.5. The van der Waals surface area contributed by atoms with E-state index in [0.717, 1.165) is 18.3 Å². The Hall–Kier alpha value is -2.23. The van der Waals surface area contributed by atoms with E-state index in [1.165, 1.54) is 4.90 Å². The van der Waals surface area contributed by atoms with Crippen LogP contribution in [0.25, 0.3) is 0 Å². The second kappa shape index (κ2) is 6.95. The van der Waals surface area contributed by atoms with Crippen molar-refractivity contribution in [3.05, 3.63) is 28.4 Å². The molecule has 0 aromatic carbocycles. The molecule has 0 unspecified atom stereocenters. The Balaban J connectivity index is 2.03. The zero-order chi connectivity index (χ0) is 18.8. The molecule has 1 amide bonds. The van der Waals surface area contributed by atoms with Gasteiger partial charge in [-0.3, -0.25) is 10.1 Å². The van der Waals surface area contributed by atoms with Gasteiger partial charge in [0.25, 0.3) is 5.69 Å². The van der Waals surface area contributed by atoms with Crippen LogP contribution >= 0.6 is 0 Å². The van der Waals surface area contributed by atoms with Gasteiger partial charge in [-0.15, -0.1) is 0 Å². The summed E-state index contributed by atoms with van der Waals surface area (Å²) in [5.41, 5.74) is -0.874. The van der Waals surface area contributed by atoms with Crippen LogP contribution in [0.5, 0.6) is 0 Å². The third kappa shape index (κ3) is 4.65. The maximum atomic E-state index is 12.6. The molecule has 0 bridgehead atoms. The van der Waals surface area contributed by atoms with Gasteiger partial charge in [0.1, 0.15) is 11.8 Å². The molecule has 0 aliphatic carbocycles. The number of nitrogens with zero attached hydrogens (tertiary/aromatic N) is 3. The van der Waals surface area contributed by atoms with E-state index in [4.69, 9.17) is 4.74 Å². The minimum atomic E-state index is -3.70. The second-order valence-corrected chi connectivity index (χ2v) is 9.00. The first-order valence-corrected chi connectivity index (χ1v) is 9.37. The first-order valence-electron chi connectivity index (χ1n) is 7.83. The van der Waals surface area contributed by atoms with Gasteiger partial charge in [-0.2, -0.15) is 0 Å². The van der Waals surface area contributed by atoms with E-state index < -0.39 is 31.7 Å². The minimum Gasteiger partial charge on any atom is -0.444 e. The van der Waals surface area contributed by atoms with Gasteiger partial charge in [0.05, 0.1) is 10.2 Å². The highest BCUT2D eigenvalue weighted by Crippen LogP contribution is 2.25. The number of carbonyl (C=O) groups is 1. The number of hydrogen-bond acceptors (Lipinski definition) is 7. The number of rotatable bonds is 3. The first kappa shape index (κ1) is 19.1. The SMILES string of the molecule is CC(C)(C)OC(=O)N1CCC(S(=O)(=O)c2ccc([N+](=O)[O-])cn2)CC1. The molecule has 0 saturated carbocycles. The largest absolute Gasteiger partial charge is 0.444 e. The van der Waals surface area contributed by atoms with Crippen LogP contribution in [0.15, 0.2) is 23.4 Å². The third-order valence-electron chi connectivity index (χ3n) is 3.76. The fourth-order valence-corrected chi connectivity index (χ4v) is 4.12. The highest BCUT2D eigenvalue weighted by molar-refractivity contribution is 7.92. The highest BCUT2D eigenvalue weighted by Gasteiger charge is 2.35. The maximum Gasteiger partial charge on any atom is 0.410 e. The van der Waals surface area contributed by atoms with E-state index in [0.29, 0.717) is 0 Å². The Kier molecular flexibility index (Phi) is 5.31. The number of pyridine rings is 1. The molecule has 1 saturated heterocycles. The maximum absolute atomic E-state index is 12.6. The number of ether oxygens (including phenoxy) is 1. The van der Waals surface area contributed by atoms with Crippen molar-refractivity contribution in [2.24, 2.45) is 0 Å². The average Bonchev–Trinajstić information content (AvgIpc) is 2.53. The van der Waals surface area contributed by atoms with Crippen LogP contribution in [-0.2, 0) is 14.6 Å². The molecular formula is C15H21N3O6S. The molecule has 0 atom stereocenters. The fraction of sp³-hybridized carbons (Fsp3) is 0.600. The lowest BCUT2D eigenvalue weighted by atomic mass is 10.1. The molecule has 2 heterocycles. The van der Waals surface area contributed by atoms with Gasteiger partial charge in [0.2, 0.25) is 0 Å². The van der Waals surface area contributed by atoms with Crippen molar-refractivity contribution in [2.75, 3.05) is 13.1 Å². The Labute approximate surface area is 146 Å². The van der Waals surface area contributed by atoms with Crippen molar-refractivity contribution in [1.29, 1.82) is 0 Å². The minimum absolute atomic E-state index is 0.186. The Morgan fingerprint density at radius 1 is 1.32 bits per heavy atom. The molecular weight excluding hydrogens is 350 g/mol. The molecule has 1 aliphatic heterocycles. The fourth-order valence-electron chi connectivity index (χ4n) is 2.49. The molecule has 1 aliphatic rings. The van der Waals surface area contributed by atoms with E-state index in [1.54, 1.807) is 20.8 Å². The zero-order valence-electron chi connectivity index (χ0n) is 14.3. The zero-order valence-corrected chi connectivity index (χ0v) is 15.2. The lowest BCUT2D eigenvalue weighted by Crippen LogP contribution is -2.44. The summed E-state index contributed by atoms with van der Waals surface area (Å²) in [4.78, 5) is 27.2. The lowest BCUT2D eigenvalue weighted by Gasteiger charge is -2.33. The number of nitro groups is 1. The summed E-state index contributed by atoms with van der Waals surface area (Å²) in [6.45, 7) is 5.84. The van der Waals surface area contributed by atoms with Crippen molar-refractivity contribution < 1.29 is 22.9 Å². The third-order valence-corrected chi connectivity index (χ3v) is 5.93. The van der Waals surface area contributed by atoms with E-state index in [1.807, 2.05) is 0 Å². The summed E-state index contributed by atoms with van der Waals surface area (Å²) in [5.74, 6) is 0. The van der Waals surface area contributed by atoms with Crippen molar-refractivity contribution in [3.8, 4) is 0 Å². The Morgan fingerprint density at radius 3 is 2.36 bits per heavy atom. The van der Waals surface area contributed by atoms with Crippen molar-refractivity contribution in [3.63, 3.8) is 0 Å². The monoisotopic (exact) mass is 371 g/mol. The summed E-state index contributed by atoms with van der Waals surface area (Å²) in [6, 6.07) is 2.27. The summed E-state index contributed by atoms with van der Waals surface area (Å²) in [7, 11) is -3.70. The topological polar surface area (TPSA) is 120 Å². The van der Waals surface area contributed by atoms with Crippen LogP contribution in [-0.4, -0.2) is 53.3 Å². The van der Waals surface area contributed by atoms with Gasteiger partial charge in [0.15, 0.2) is 14.9 Å². The van der Waals surface area contributed by atoms with E-state index in [9.17, 15) is 23.3 Å². The molecule has 0 N–H and O–H groups in total. The van der Waals surface area contributed by atoms with Crippen molar-refractivity contribution >= 4 is 21.6 Å². The Bertz CT molecular complexity index is 746. The standard InChI is InChI=1S/C15H21N3O6S/c1-15(2,3)24-14(19)17-8-6-12(7-9-17)25(22,23)13-5-4-11(10-16-13)18(20)21/h4-5,10,12H,6-9H2,1-3H3. The van der Waals surface area contributed by atoms with Crippen LogP contribution in [0, 0.1) is 10.1 Å². The number of sulfone groups is 1. The number of aromatic nitrogens is 1. The summed E-state index contributed by atoms with van der Waals surface area (Å²) >= 11 is 0. The molecule has 0 radical (unpaired) electrons. The molecule has 1 fully saturated rings. The van der Waals surface area contributed by atoms with E-state index in [-0.39, 0.29) is 36.6 Å². The molecule has 10 heteroatoms. The molecule has 9 nitrogen and oxygen atoms in total. The van der Waals surface area contributed by atoms with Gasteiger partial charge in [-0.1, -0.05) is 0 Å². The van der Waals surface area contributed by atoms with Gasteiger partial charge in [0, 0.05) is 19.2 Å². The molecule has 138 valence electrons. The summed E-state index contributed by atoms with van der Waals surface area (Å²) in [5, 5.41) is 9.76. The van der Waals surface area contributed by atoms with Crippen molar-refractivity contribution in [1.82, 2.24) is 9.88 Å². The van der Waals surface area contributed by atoms with Crippen LogP contribution in [0.3, 0.4) is 0 Å². The van der Waals surface area contributed by atoms with Gasteiger partial charge in [-0.25, -0.2) is 18.2 Å². The van der Waals surface area contributed by atoms with Gasteiger partial charge >= 0.3 is 6.09 Å². The Morgan fingerprint density at radius 2 is 1.92 bits per heavy atom. The lowest BCUT2D eigenvalue weighted by molar-refractivity contribution is -0.385. The number of amides is 1. The molecule has 25 heavy (non-hydrogen) atoms. The first-order chi connectivity index (χ1) is 11.5. The number of hydrogen-bond donors (Lipinski definition) is 0.